The molecule has 1 saturated heterocycles. The average molecular weight is 596 g/mol. The third kappa shape index (κ3) is 5.47. The van der Waals surface area contributed by atoms with Gasteiger partial charge in [0.05, 0.1) is 28.4 Å². The maximum Gasteiger partial charge on any atom is 0.275 e. The Morgan fingerprint density at radius 3 is 2.22 bits per heavy atom. The number of para-hydroxylation sites is 1. The van der Waals surface area contributed by atoms with Crippen LogP contribution in [0, 0.1) is 5.82 Å². The van der Waals surface area contributed by atoms with E-state index in [4.69, 9.17) is 34.0 Å². The molecule has 2 amide bonds. The van der Waals surface area contributed by atoms with Gasteiger partial charge in [-0.3, -0.25) is 9.59 Å². The Hall–Kier alpha value is -3.72. The quantitative estimate of drug-likeness (QED) is 0.289. The van der Waals surface area contributed by atoms with Gasteiger partial charge in [0.2, 0.25) is 5.91 Å². The number of hydrogen-bond donors (Lipinski definition) is 2. The molecule has 1 unspecified atom stereocenters. The number of carbonyl (C=O) groups excluding carboxylic acids is 2. The summed E-state index contributed by atoms with van der Waals surface area (Å²) in [6, 6.07) is 19.2. The highest BCUT2D eigenvalue weighted by molar-refractivity contribution is 6.32. The van der Waals surface area contributed by atoms with Gasteiger partial charge in [0.15, 0.2) is 5.69 Å². The van der Waals surface area contributed by atoms with E-state index >= 15 is 0 Å². The Bertz CT molecular complexity index is 1610. The van der Waals surface area contributed by atoms with E-state index in [-0.39, 0.29) is 30.5 Å². The van der Waals surface area contributed by atoms with Gasteiger partial charge in [-0.2, -0.15) is 5.10 Å². The van der Waals surface area contributed by atoms with E-state index in [1.54, 1.807) is 90.2 Å². The molecule has 0 aliphatic carbocycles. The van der Waals surface area contributed by atoms with Crippen molar-refractivity contribution in [1.82, 2.24) is 14.7 Å². The average Bonchev–Trinajstić information content (AvgIpc) is 3.27. The molecular weight excluding hydrogens is 566 g/mol. The lowest BCUT2D eigenvalue weighted by Crippen LogP contribution is -2.55. The number of benzene rings is 3. The minimum absolute atomic E-state index is 0.0451. The number of likely N-dealkylation sites (tertiary alicyclic amines) is 1. The van der Waals surface area contributed by atoms with Crippen molar-refractivity contribution in [2.45, 2.75) is 50.8 Å². The first-order valence-corrected chi connectivity index (χ1v) is 14.0. The highest BCUT2D eigenvalue weighted by Gasteiger charge is 2.45. The maximum absolute atomic E-state index is 14.7. The van der Waals surface area contributed by atoms with Crippen molar-refractivity contribution in [1.29, 1.82) is 0 Å². The highest BCUT2D eigenvalue weighted by atomic mass is 35.5. The molecule has 3 aromatic carbocycles. The molecule has 212 valence electrons. The van der Waals surface area contributed by atoms with Gasteiger partial charge >= 0.3 is 0 Å². The molecule has 1 fully saturated rings. The third-order valence-electron chi connectivity index (χ3n) is 7.56. The van der Waals surface area contributed by atoms with Crippen molar-refractivity contribution in [3.63, 3.8) is 0 Å². The molecule has 0 saturated carbocycles. The van der Waals surface area contributed by atoms with E-state index in [1.807, 2.05) is 0 Å². The fraction of sp³-hybridized carbons (Fsp3) is 0.258. The smallest absolute Gasteiger partial charge is 0.275 e. The first kappa shape index (κ1) is 28.8. The molecule has 0 bridgehead atoms. The second-order valence-corrected chi connectivity index (χ2v) is 11.4. The van der Waals surface area contributed by atoms with Crippen LogP contribution in [-0.2, 0) is 16.8 Å². The molecule has 1 aliphatic rings. The molecule has 3 N–H and O–H groups in total. The van der Waals surface area contributed by atoms with Crippen LogP contribution in [-0.4, -0.2) is 43.7 Å². The lowest BCUT2D eigenvalue weighted by molar-refractivity contribution is -0.117. The van der Waals surface area contributed by atoms with Crippen molar-refractivity contribution in [2.75, 3.05) is 0 Å². The number of rotatable bonds is 6. The molecule has 4 aromatic rings. The number of hydrogen-bond acceptors (Lipinski definition) is 4. The molecule has 3 atom stereocenters. The fourth-order valence-electron chi connectivity index (χ4n) is 5.94. The van der Waals surface area contributed by atoms with Crippen molar-refractivity contribution >= 4 is 35.0 Å². The molecule has 2 heterocycles. The van der Waals surface area contributed by atoms with E-state index in [1.165, 1.54) is 6.07 Å². The number of aliphatic hydroxyl groups is 1. The summed E-state index contributed by atoms with van der Waals surface area (Å²) in [5, 5.41) is 17.2. The van der Waals surface area contributed by atoms with Crippen molar-refractivity contribution < 1.29 is 19.1 Å². The standard InChI is InChI=1S/C31H29Cl2FN4O3/c1-18-16-31(41,23-7-3-5-9-25(23)34)17-19(2)37(18)30(40)28-22(15-27(35)39)29(20-11-13-21(32)14-12-20)38(36-28)26-10-6-4-8-24(26)33/h3-14,18-19,41H,15-17H2,1-2H3,(H2,35,39)/t18-,19+,31?. The summed E-state index contributed by atoms with van der Waals surface area (Å²) in [6.07, 6.45) is -0.0197. The number of nitrogens with zero attached hydrogens (tertiary/aromatic N) is 3. The largest absolute Gasteiger partial charge is 0.385 e. The summed E-state index contributed by atoms with van der Waals surface area (Å²) in [5.74, 6) is -1.57. The van der Waals surface area contributed by atoms with Gasteiger partial charge in [-0.15, -0.1) is 0 Å². The Kier molecular flexibility index (Phi) is 7.92. The van der Waals surface area contributed by atoms with Gasteiger partial charge in [-0.05, 0) is 44.2 Å². The monoisotopic (exact) mass is 594 g/mol. The number of piperidine rings is 1. The topological polar surface area (TPSA) is 101 Å². The number of aromatic nitrogens is 2. The maximum atomic E-state index is 14.7. The van der Waals surface area contributed by atoms with Gasteiger partial charge in [-0.1, -0.05) is 65.7 Å². The normalized spacial score (nSPS) is 20.7. The first-order valence-electron chi connectivity index (χ1n) is 13.2. The Balaban J connectivity index is 1.63. The molecular formula is C31H29Cl2FN4O3. The Labute approximate surface area is 247 Å². The highest BCUT2D eigenvalue weighted by Crippen LogP contribution is 2.41. The number of carbonyl (C=O) groups is 2. The molecule has 1 aromatic heterocycles. The molecule has 41 heavy (non-hydrogen) atoms. The van der Waals surface area contributed by atoms with Crippen LogP contribution in [0.1, 0.15) is 48.3 Å². The molecule has 0 spiro atoms. The fourth-order valence-corrected chi connectivity index (χ4v) is 6.28. The van der Waals surface area contributed by atoms with Crippen molar-refractivity contribution in [2.24, 2.45) is 5.73 Å². The summed E-state index contributed by atoms with van der Waals surface area (Å²) in [5.41, 5.74) is 6.46. The third-order valence-corrected chi connectivity index (χ3v) is 8.13. The van der Waals surface area contributed by atoms with E-state index in [0.29, 0.717) is 32.6 Å². The molecule has 5 rings (SSSR count). The van der Waals surface area contributed by atoms with E-state index in [2.05, 4.69) is 0 Å². The van der Waals surface area contributed by atoms with Crippen molar-refractivity contribution in [3.8, 4) is 16.9 Å². The van der Waals surface area contributed by atoms with Crippen LogP contribution in [0.3, 0.4) is 0 Å². The Morgan fingerprint density at radius 1 is 1.00 bits per heavy atom. The van der Waals surface area contributed by atoms with Crippen LogP contribution in [0.5, 0.6) is 0 Å². The number of nitrogens with two attached hydrogens (primary N) is 1. The molecule has 7 nitrogen and oxygen atoms in total. The van der Waals surface area contributed by atoms with Crippen LogP contribution in [0.4, 0.5) is 4.39 Å². The predicted octanol–water partition coefficient (Wildman–Crippen LogP) is 5.91. The predicted molar refractivity (Wildman–Crippen MR) is 157 cm³/mol. The SMILES string of the molecule is C[C@@H]1CC(O)(c2ccccc2F)C[C@H](C)N1C(=O)c1nn(-c2ccccc2Cl)c(-c2ccc(Cl)cc2)c1CC(N)=O. The second-order valence-electron chi connectivity index (χ2n) is 10.5. The van der Waals surface area contributed by atoms with Gasteiger partial charge in [0, 0.05) is 46.6 Å². The van der Waals surface area contributed by atoms with Crippen LogP contribution in [0.25, 0.3) is 16.9 Å². The van der Waals surface area contributed by atoms with Crippen LogP contribution in [0.2, 0.25) is 10.0 Å². The molecule has 0 radical (unpaired) electrons. The number of amides is 2. The van der Waals surface area contributed by atoms with E-state index < -0.39 is 35.3 Å². The summed E-state index contributed by atoms with van der Waals surface area (Å²) in [7, 11) is 0. The molecule has 10 heteroatoms. The summed E-state index contributed by atoms with van der Waals surface area (Å²) in [6.45, 7) is 3.61. The summed E-state index contributed by atoms with van der Waals surface area (Å²) in [4.78, 5) is 28.2. The minimum atomic E-state index is -1.46. The summed E-state index contributed by atoms with van der Waals surface area (Å²) >= 11 is 12.7. The first-order chi connectivity index (χ1) is 19.5. The summed E-state index contributed by atoms with van der Waals surface area (Å²) < 4.78 is 16.2. The van der Waals surface area contributed by atoms with E-state index in [9.17, 15) is 19.1 Å². The zero-order valence-electron chi connectivity index (χ0n) is 22.5. The number of halogens is 3. The minimum Gasteiger partial charge on any atom is -0.385 e. The van der Waals surface area contributed by atoms with Crippen LogP contribution >= 0.6 is 23.2 Å². The van der Waals surface area contributed by atoms with Gasteiger partial charge in [-0.25, -0.2) is 9.07 Å². The van der Waals surface area contributed by atoms with Gasteiger partial charge < -0.3 is 15.7 Å². The van der Waals surface area contributed by atoms with E-state index in [0.717, 1.165) is 0 Å². The number of primary amides is 1. The zero-order valence-corrected chi connectivity index (χ0v) is 24.0. The second kappa shape index (κ2) is 11.3. The lowest BCUT2D eigenvalue weighted by Gasteiger charge is -2.47. The van der Waals surface area contributed by atoms with Crippen molar-refractivity contribution in [3.05, 3.63) is 105 Å². The molecule has 1 aliphatic heterocycles. The van der Waals surface area contributed by atoms with Gasteiger partial charge in [0.25, 0.3) is 5.91 Å². The lowest BCUT2D eigenvalue weighted by atomic mass is 9.78. The zero-order chi connectivity index (χ0) is 29.5. The van der Waals surface area contributed by atoms with Gasteiger partial charge in [0.1, 0.15) is 5.82 Å². The Morgan fingerprint density at radius 2 is 1.61 bits per heavy atom. The van der Waals surface area contributed by atoms with Crippen LogP contribution < -0.4 is 5.73 Å². The van der Waals surface area contributed by atoms with Crippen LogP contribution in [0.15, 0.2) is 72.8 Å².